The summed E-state index contributed by atoms with van der Waals surface area (Å²) in [6.45, 7) is 11.5. The quantitative estimate of drug-likeness (QED) is 0.812. The van der Waals surface area contributed by atoms with Crippen LogP contribution in [0, 0.1) is 6.92 Å². The number of rotatable bonds is 6. The first-order valence-electron chi connectivity index (χ1n) is 8.25. The number of anilines is 1. The number of carbonyl (C=O) groups excluding carboxylic acids is 1. The van der Waals surface area contributed by atoms with Crippen molar-refractivity contribution in [2.24, 2.45) is 0 Å². The van der Waals surface area contributed by atoms with Gasteiger partial charge in [-0.1, -0.05) is 20.3 Å². The molecule has 22 heavy (non-hydrogen) atoms. The van der Waals surface area contributed by atoms with Crippen molar-refractivity contribution in [3.63, 3.8) is 0 Å². The van der Waals surface area contributed by atoms with E-state index in [1.807, 2.05) is 11.8 Å². The topological polar surface area (TPSA) is 61.4 Å². The number of aromatic nitrogens is 2. The number of amides is 1. The number of unbranched alkanes of at least 4 members (excludes halogenated alkanes) is 1. The molecule has 1 aromatic heterocycles. The van der Waals surface area contributed by atoms with Gasteiger partial charge >= 0.3 is 0 Å². The van der Waals surface area contributed by atoms with Crippen LogP contribution in [0.3, 0.4) is 0 Å². The third kappa shape index (κ3) is 4.40. The second kappa shape index (κ2) is 8.08. The molecule has 1 N–H and O–H groups in total. The minimum atomic E-state index is 0.0137. The van der Waals surface area contributed by atoms with Crippen molar-refractivity contribution >= 4 is 11.7 Å². The number of nitrogens with one attached hydrogen (secondary N) is 1. The van der Waals surface area contributed by atoms with Crippen LogP contribution in [0.1, 0.15) is 43.0 Å². The molecule has 0 saturated carbocycles. The van der Waals surface area contributed by atoms with Crippen LogP contribution < -0.4 is 5.32 Å². The average molecular weight is 305 g/mol. The van der Waals surface area contributed by atoms with Crippen molar-refractivity contribution in [2.45, 2.75) is 33.6 Å². The van der Waals surface area contributed by atoms with Gasteiger partial charge in [-0.25, -0.2) is 9.97 Å². The molecule has 6 heteroatoms. The molecule has 0 aliphatic carbocycles. The smallest absolute Gasteiger partial charge is 0.272 e. The maximum absolute atomic E-state index is 12.6. The molecule has 1 fully saturated rings. The van der Waals surface area contributed by atoms with Crippen molar-refractivity contribution in [1.82, 2.24) is 19.8 Å². The standard InChI is InChI=1S/C16H27N5O/c1-4-6-7-17-15-12-14(18-13(3)19-15)16(22)21-10-8-20(5-2)9-11-21/h12H,4-11H2,1-3H3,(H,17,18,19). The number of piperazine rings is 1. The van der Waals surface area contributed by atoms with Crippen LogP contribution in [0.5, 0.6) is 0 Å². The van der Waals surface area contributed by atoms with E-state index >= 15 is 0 Å². The summed E-state index contributed by atoms with van der Waals surface area (Å²) < 4.78 is 0. The lowest BCUT2D eigenvalue weighted by Gasteiger charge is -2.33. The van der Waals surface area contributed by atoms with E-state index < -0.39 is 0 Å². The zero-order valence-corrected chi connectivity index (χ0v) is 13.9. The average Bonchev–Trinajstić information content (AvgIpc) is 2.54. The fourth-order valence-corrected chi connectivity index (χ4v) is 2.59. The van der Waals surface area contributed by atoms with E-state index in [9.17, 15) is 4.79 Å². The molecular formula is C16H27N5O. The molecule has 0 unspecified atom stereocenters. The third-order valence-electron chi connectivity index (χ3n) is 4.00. The Bertz CT molecular complexity index is 497. The molecular weight excluding hydrogens is 278 g/mol. The van der Waals surface area contributed by atoms with Crippen molar-refractivity contribution < 1.29 is 4.79 Å². The fraction of sp³-hybridized carbons (Fsp3) is 0.688. The number of nitrogens with zero attached hydrogens (tertiary/aromatic N) is 4. The Balaban J connectivity index is 2.02. The van der Waals surface area contributed by atoms with Crippen LogP contribution in [-0.2, 0) is 0 Å². The summed E-state index contributed by atoms with van der Waals surface area (Å²) in [7, 11) is 0. The molecule has 122 valence electrons. The lowest BCUT2D eigenvalue weighted by Crippen LogP contribution is -2.48. The summed E-state index contributed by atoms with van der Waals surface area (Å²) in [5, 5.41) is 3.27. The molecule has 1 saturated heterocycles. The molecule has 2 heterocycles. The van der Waals surface area contributed by atoms with Crippen molar-refractivity contribution in [3.05, 3.63) is 17.6 Å². The van der Waals surface area contributed by atoms with E-state index in [1.54, 1.807) is 6.07 Å². The number of hydrogen-bond acceptors (Lipinski definition) is 5. The molecule has 2 rings (SSSR count). The zero-order valence-electron chi connectivity index (χ0n) is 13.9. The lowest BCUT2D eigenvalue weighted by atomic mass is 10.2. The van der Waals surface area contributed by atoms with Gasteiger partial charge in [-0.05, 0) is 19.9 Å². The first-order valence-corrected chi connectivity index (χ1v) is 8.25. The predicted octanol–water partition coefficient (Wildman–Crippen LogP) is 1.77. The molecule has 0 bridgehead atoms. The summed E-state index contributed by atoms with van der Waals surface area (Å²) in [6.07, 6.45) is 2.22. The fourth-order valence-electron chi connectivity index (χ4n) is 2.59. The van der Waals surface area contributed by atoms with E-state index in [4.69, 9.17) is 0 Å². The molecule has 1 aliphatic heterocycles. The summed E-state index contributed by atoms with van der Waals surface area (Å²) in [5.41, 5.74) is 0.497. The number of likely N-dealkylation sites (N-methyl/N-ethyl adjacent to an activating group) is 1. The van der Waals surface area contributed by atoms with Crippen LogP contribution in [0.4, 0.5) is 5.82 Å². The van der Waals surface area contributed by atoms with Gasteiger partial charge < -0.3 is 15.1 Å². The van der Waals surface area contributed by atoms with E-state index in [1.165, 1.54) is 0 Å². The highest BCUT2D eigenvalue weighted by atomic mass is 16.2. The Hall–Kier alpha value is -1.69. The first-order chi connectivity index (χ1) is 10.6. The van der Waals surface area contributed by atoms with Crippen LogP contribution in [0.15, 0.2) is 6.07 Å². The Morgan fingerprint density at radius 3 is 2.59 bits per heavy atom. The van der Waals surface area contributed by atoms with Gasteiger partial charge in [0.2, 0.25) is 0 Å². The van der Waals surface area contributed by atoms with Gasteiger partial charge in [0.25, 0.3) is 5.91 Å². The monoisotopic (exact) mass is 305 g/mol. The molecule has 0 aromatic carbocycles. The van der Waals surface area contributed by atoms with Crippen LogP contribution in [-0.4, -0.2) is 64.9 Å². The number of aryl methyl sites for hydroxylation is 1. The maximum Gasteiger partial charge on any atom is 0.272 e. The highest BCUT2D eigenvalue weighted by molar-refractivity contribution is 5.93. The zero-order chi connectivity index (χ0) is 15.9. The minimum Gasteiger partial charge on any atom is -0.370 e. The Morgan fingerprint density at radius 2 is 1.95 bits per heavy atom. The highest BCUT2D eigenvalue weighted by Gasteiger charge is 2.22. The Morgan fingerprint density at radius 1 is 1.23 bits per heavy atom. The van der Waals surface area contributed by atoms with Gasteiger partial charge in [0.1, 0.15) is 17.3 Å². The largest absolute Gasteiger partial charge is 0.370 e. The van der Waals surface area contributed by atoms with Crippen molar-refractivity contribution in [2.75, 3.05) is 44.6 Å². The van der Waals surface area contributed by atoms with E-state index in [2.05, 4.69) is 34.0 Å². The van der Waals surface area contributed by atoms with Gasteiger partial charge in [-0.2, -0.15) is 0 Å². The first kappa shape index (κ1) is 16.7. The van der Waals surface area contributed by atoms with Gasteiger partial charge in [0.15, 0.2) is 0 Å². The highest BCUT2D eigenvalue weighted by Crippen LogP contribution is 2.11. The molecule has 0 atom stereocenters. The predicted molar refractivity (Wildman–Crippen MR) is 88.2 cm³/mol. The van der Waals surface area contributed by atoms with Crippen LogP contribution in [0.25, 0.3) is 0 Å². The second-order valence-corrected chi connectivity index (χ2v) is 5.69. The Kier molecular flexibility index (Phi) is 6.12. The summed E-state index contributed by atoms with van der Waals surface area (Å²) >= 11 is 0. The Labute approximate surface area is 132 Å². The van der Waals surface area contributed by atoms with E-state index in [0.717, 1.165) is 57.9 Å². The minimum absolute atomic E-state index is 0.0137. The third-order valence-corrected chi connectivity index (χ3v) is 4.00. The normalized spacial score (nSPS) is 15.9. The van der Waals surface area contributed by atoms with Crippen LogP contribution in [0.2, 0.25) is 0 Å². The van der Waals surface area contributed by atoms with Gasteiger partial charge in [0.05, 0.1) is 0 Å². The summed E-state index contributed by atoms with van der Waals surface area (Å²) in [6, 6.07) is 1.77. The summed E-state index contributed by atoms with van der Waals surface area (Å²) in [4.78, 5) is 25.5. The number of carbonyl (C=O) groups is 1. The molecule has 1 aliphatic rings. The molecule has 0 radical (unpaired) electrons. The number of hydrogen-bond donors (Lipinski definition) is 1. The van der Waals surface area contributed by atoms with Gasteiger partial charge in [0, 0.05) is 38.8 Å². The molecule has 6 nitrogen and oxygen atoms in total. The summed E-state index contributed by atoms with van der Waals surface area (Å²) in [5.74, 6) is 1.40. The van der Waals surface area contributed by atoms with E-state index in [-0.39, 0.29) is 5.91 Å². The second-order valence-electron chi connectivity index (χ2n) is 5.69. The molecule has 0 spiro atoms. The SMILES string of the molecule is CCCCNc1cc(C(=O)N2CCN(CC)CC2)nc(C)n1. The van der Waals surface area contributed by atoms with Gasteiger partial charge in [-0.3, -0.25) is 4.79 Å². The van der Waals surface area contributed by atoms with Gasteiger partial charge in [-0.15, -0.1) is 0 Å². The lowest BCUT2D eigenvalue weighted by molar-refractivity contribution is 0.0637. The maximum atomic E-state index is 12.6. The van der Waals surface area contributed by atoms with E-state index in [0.29, 0.717) is 11.5 Å². The molecule has 1 aromatic rings. The molecule has 1 amide bonds. The van der Waals surface area contributed by atoms with Crippen molar-refractivity contribution in [1.29, 1.82) is 0 Å². The van der Waals surface area contributed by atoms with Crippen molar-refractivity contribution in [3.8, 4) is 0 Å². The van der Waals surface area contributed by atoms with Crippen LogP contribution >= 0.6 is 0 Å².